The molecule has 0 saturated heterocycles. The number of rotatable bonds is 1. The van der Waals surface area contributed by atoms with E-state index in [0.29, 0.717) is 0 Å². The Hall–Kier alpha value is -1.42. The van der Waals surface area contributed by atoms with Gasteiger partial charge in [0.2, 0.25) is 5.82 Å². The van der Waals surface area contributed by atoms with Crippen LogP contribution in [0.1, 0.15) is 11.6 Å². The van der Waals surface area contributed by atoms with E-state index in [9.17, 15) is 35.1 Å². The van der Waals surface area contributed by atoms with Crippen molar-refractivity contribution in [1.29, 1.82) is 0 Å². The largest absolute Gasteiger partial charge is 0.461 e. The van der Waals surface area contributed by atoms with Gasteiger partial charge in [0, 0.05) is 0 Å². The predicted molar refractivity (Wildman–Crippen MR) is 31.3 cm³/mol. The molecule has 11 heteroatoms. The van der Waals surface area contributed by atoms with Crippen LogP contribution in [0.25, 0.3) is 0 Å². The molecule has 1 N–H and O–H groups in total. The minimum absolute atomic E-state index is 0.908. The molecule has 0 spiro atoms. The van der Waals surface area contributed by atoms with E-state index < -0.39 is 29.9 Å². The van der Waals surface area contributed by atoms with Crippen LogP contribution in [0.3, 0.4) is 0 Å². The van der Waals surface area contributed by atoms with Crippen molar-refractivity contribution < 1.29 is 35.1 Å². The Morgan fingerprint density at radius 2 is 1.38 bits per heavy atom. The Morgan fingerprint density at radius 3 is 1.69 bits per heavy atom. The molecule has 0 bridgehead atoms. The van der Waals surface area contributed by atoms with Crippen molar-refractivity contribution in [3.63, 3.8) is 0 Å². The molecule has 1 aromatic heterocycles. The van der Waals surface area contributed by atoms with Gasteiger partial charge < -0.3 is 0 Å². The zero-order chi connectivity index (χ0) is 12.8. The Balaban J connectivity index is 3.13. The summed E-state index contributed by atoms with van der Waals surface area (Å²) in [5.41, 5.74) is 0. The molecule has 0 radical (unpaired) electrons. The number of nitrogens with zero attached hydrogens (tertiary/aromatic N) is 2. The second-order valence-electron chi connectivity index (χ2n) is 2.58. The van der Waals surface area contributed by atoms with Gasteiger partial charge in [0.15, 0.2) is 0 Å². The van der Waals surface area contributed by atoms with E-state index in [-0.39, 0.29) is 0 Å². The van der Waals surface area contributed by atoms with Crippen molar-refractivity contribution in [3.05, 3.63) is 11.6 Å². The summed E-state index contributed by atoms with van der Waals surface area (Å²) in [6.07, 6.45) is -11.2. The van der Waals surface area contributed by atoms with E-state index in [0.717, 1.165) is 5.10 Å². The van der Waals surface area contributed by atoms with E-state index in [4.69, 9.17) is 0 Å². The summed E-state index contributed by atoms with van der Waals surface area (Å²) in [7, 11) is 0. The van der Waals surface area contributed by atoms with Crippen LogP contribution < -0.4 is 0 Å². The number of halogens is 8. The first-order valence-electron chi connectivity index (χ1n) is 3.41. The lowest BCUT2D eigenvalue weighted by Gasteiger charge is -2.16. The number of aromatic nitrogens is 3. The molecule has 3 nitrogen and oxygen atoms in total. The van der Waals surface area contributed by atoms with Gasteiger partial charge in [-0.25, -0.2) is 4.98 Å². The quantitative estimate of drug-likeness (QED) is 0.783. The molecule has 0 saturated carbocycles. The number of aromatic amines is 1. The first-order valence-corrected chi connectivity index (χ1v) is 3.41. The van der Waals surface area contributed by atoms with E-state index in [1.807, 2.05) is 0 Å². The molecule has 0 atom stereocenters. The molecular weight excluding hydrogens is 254 g/mol. The van der Waals surface area contributed by atoms with Crippen molar-refractivity contribution in [2.75, 3.05) is 0 Å². The van der Waals surface area contributed by atoms with Crippen molar-refractivity contribution in [2.45, 2.75) is 18.3 Å². The van der Waals surface area contributed by atoms with Crippen molar-refractivity contribution in [3.8, 4) is 0 Å². The Morgan fingerprint density at radius 1 is 0.875 bits per heavy atom. The molecule has 92 valence electrons. The third-order valence-electron chi connectivity index (χ3n) is 1.39. The first kappa shape index (κ1) is 12.6. The molecule has 0 fully saturated rings. The number of alkyl halides is 8. The minimum Gasteiger partial charge on any atom is -0.257 e. The average molecular weight is 255 g/mol. The number of H-pyrrole nitrogens is 1. The van der Waals surface area contributed by atoms with Crippen molar-refractivity contribution in [1.82, 2.24) is 15.2 Å². The van der Waals surface area contributed by atoms with Gasteiger partial charge in [0.05, 0.1) is 0 Å². The van der Waals surface area contributed by atoms with Gasteiger partial charge in [-0.05, 0) is 0 Å². The zero-order valence-electron chi connectivity index (χ0n) is 6.92. The molecule has 0 amide bonds. The summed E-state index contributed by atoms with van der Waals surface area (Å²) in [6.45, 7) is 0. The highest BCUT2D eigenvalue weighted by Gasteiger charge is 2.61. The van der Waals surface area contributed by atoms with Gasteiger partial charge in [-0.2, -0.15) is 35.1 Å². The Kier molecular flexibility index (Phi) is 2.60. The highest BCUT2D eigenvalue weighted by atomic mass is 19.4. The molecule has 1 aromatic rings. The lowest BCUT2D eigenvalue weighted by molar-refractivity contribution is -0.292. The van der Waals surface area contributed by atoms with Gasteiger partial charge in [-0.15, -0.1) is 5.10 Å². The fourth-order valence-electron chi connectivity index (χ4n) is 0.663. The molecule has 1 heterocycles. The van der Waals surface area contributed by atoms with Crippen molar-refractivity contribution in [2.24, 2.45) is 0 Å². The van der Waals surface area contributed by atoms with Crippen LogP contribution in [-0.4, -0.2) is 21.4 Å². The third-order valence-corrected chi connectivity index (χ3v) is 1.39. The van der Waals surface area contributed by atoms with E-state index in [1.54, 1.807) is 0 Å². The number of hydrogen-bond acceptors (Lipinski definition) is 2. The summed E-state index contributed by atoms with van der Waals surface area (Å²) < 4.78 is 95.4. The van der Waals surface area contributed by atoms with E-state index in [1.165, 1.54) is 0 Å². The smallest absolute Gasteiger partial charge is 0.257 e. The van der Waals surface area contributed by atoms with Crippen molar-refractivity contribution >= 4 is 0 Å². The molecule has 0 aromatic carbocycles. The van der Waals surface area contributed by atoms with Gasteiger partial charge in [0.25, 0.3) is 5.82 Å². The maximum absolute atomic E-state index is 12.4. The predicted octanol–water partition coefficient (Wildman–Crippen LogP) is 2.48. The monoisotopic (exact) mass is 255 g/mol. The van der Waals surface area contributed by atoms with Crippen LogP contribution in [0.15, 0.2) is 0 Å². The molecule has 1 rings (SSSR count). The molecule has 0 aliphatic carbocycles. The molecular formula is C5HF8N3. The second-order valence-corrected chi connectivity index (χ2v) is 2.58. The molecule has 0 aliphatic rings. The summed E-state index contributed by atoms with van der Waals surface area (Å²) >= 11 is 0. The topological polar surface area (TPSA) is 41.6 Å². The van der Waals surface area contributed by atoms with E-state index in [2.05, 4.69) is 10.1 Å². The van der Waals surface area contributed by atoms with Crippen LogP contribution in [0.2, 0.25) is 0 Å². The summed E-state index contributed by atoms with van der Waals surface area (Å²) in [5, 5.41) is 3.13. The first-order chi connectivity index (χ1) is 6.96. The maximum Gasteiger partial charge on any atom is 0.461 e. The Bertz CT molecular complexity index is 374. The number of nitrogens with one attached hydrogen (secondary N) is 1. The van der Waals surface area contributed by atoms with Gasteiger partial charge in [-0.3, -0.25) is 5.10 Å². The highest BCUT2D eigenvalue weighted by Crippen LogP contribution is 2.42. The molecule has 0 aliphatic heterocycles. The van der Waals surface area contributed by atoms with Crippen LogP contribution in [0.5, 0.6) is 0 Å². The van der Waals surface area contributed by atoms with Crippen LogP contribution >= 0.6 is 0 Å². The normalized spacial score (nSPS) is 14.2. The lowest BCUT2D eigenvalue weighted by Crippen LogP contribution is -2.34. The SMILES string of the molecule is FC(F)(F)c1n[nH]c(C(F)(F)C(F)(F)F)n1. The molecule has 0 unspecified atom stereocenters. The lowest BCUT2D eigenvalue weighted by atomic mass is 10.3. The van der Waals surface area contributed by atoms with Crippen LogP contribution in [0, 0.1) is 0 Å². The number of hydrogen-bond donors (Lipinski definition) is 1. The fraction of sp³-hybridized carbons (Fsp3) is 0.600. The third kappa shape index (κ3) is 2.07. The zero-order valence-corrected chi connectivity index (χ0v) is 6.92. The highest BCUT2D eigenvalue weighted by molar-refractivity contribution is 5.03. The van der Waals surface area contributed by atoms with Gasteiger partial charge in [0.1, 0.15) is 0 Å². The van der Waals surface area contributed by atoms with Crippen LogP contribution in [-0.2, 0) is 12.1 Å². The summed E-state index contributed by atoms with van der Waals surface area (Å²) in [6, 6.07) is 0. The van der Waals surface area contributed by atoms with Gasteiger partial charge >= 0.3 is 18.3 Å². The molecule has 16 heavy (non-hydrogen) atoms. The summed E-state index contributed by atoms with van der Waals surface area (Å²) in [4.78, 5) is 2.06. The standard InChI is InChI=1S/C5HF8N3/c6-3(7,5(11,12)13)1-14-2(16-15-1)4(8,9)10/h(H,14,15,16). The average Bonchev–Trinajstić information content (AvgIpc) is 2.47. The van der Waals surface area contributed by atoms with Crippen LogP contribution in [0.4, 0.5) is 35.1 Å². The summed E-state index contributed by atoms with van der Waals surface area (Å²) in [5.74, 6) is -9.80. The fourth-order valence-corrected chi connectivity index (χ4v) is 0.663. The minimum atomic E-state index is -6.05. The van der Waals surface area contributed by atoms with Gasteiger partial charge in [-0.1, -0.05) is 0 Å². The second kappa shape index (κ2) is 3.28. The van der Waals surface area contributed by atoms with E-state index >= 15 is 0 Å². The Labute approximate surface area is 81.5 Å². The maximum atomic E-state index is 12.4.